The third-order valence-electron chi connectivity index (χ3n) is 5.09. The van der Waals surface area contributed by atoms with E-state index in [1.54, 1.807) is 0 Å². The number of nitrogens with zero attached hydrogens (tertiary/aromatic N) is 2. The summed E-state index contributed by atoms with van der Waals surface area (Å²) in [7, 11) is 0. The van der Waals surface area contributed by atoms with Crippen LogP contribution in [0.1, 0.15) is 29.7 Å². The van der Waals surface area contributed by atoms with Crippen LogP contribution in [0.4, 0.5) is 5.69 Å². The van der Waals surface area contributed by atoms with Crippen molar-refractivity contribution in [2.75, 3.05) is 31.1 Å². The SMILES string of the molecule is CCc1cc(C)ccc1N1CCN(C(=O)CN)C[C@H]1c1ccc(Cl)cc1. The summed E-state index contributed by atoms with van der Waals surface area (Å²) in [6.45, 7) is 6.47. The minimum absolute atomic E-state index is 0.00300. The van der Waals surface area contributed by atoms with E-state index in [4.69, 9.17) is 17.3 Å². The molecule has 2 N–H and O–H groups in total. The summed E-state index contributed by atoms with van der Waals surface area (Å²) in [5.41, 5.74) is 10.6. The number of rotatable bonds is 4. The molecule has 1 aliphatic rings. The molecule has 1 amide bonds. The van der Waals surface area contributed by atoms with E-state index in [2.05, 4.69) is 49.1 Å². The van der Waals surface area contributed by atoms with E-state index < -0.39 is 0 Å². The second kappa shape index (κ2) is 8.11. The van der Waals surface area contributed by atoms with Gasteiger partial charge in [-0.05, 0) is 42.7 Å². The number of anilines is 1. The Morgan fingerprint density at radius 3 is 2.58 bits per heavy atom. The Labute approximate surface area is 160 Å². The Bertz CT molecular complexity index is 775. The number of hydrogen-bond acceptors (Lipinski definition) is 3. The van der Waals surface area contributed by atoms with Gasteiger partial charge in [-0.1, -0.05) is 48.4 Å². The van der Waals surface area contributed by atoms with E-state index in [9.17, 15) is 4.79 Å². The molecule has 26 heavy (non-hydrogen) atoms. The van der Waals surface area contributed by atoms with Crippen molar-refractivity contribution in [2.24, 2.45) is 5.73 Å². The lowest BCUT2D eigenvalue weighted by atomic mass is 9.98. The van der Waals surface area contributed by atoms with Gasteiger partial charge in [0, 0.05) is 30.3 Å². The molecule has 138 valence electrons. The first kappa shape index (κ1) is 18.7. The highest BCUT2D eigenvalue weighted by Gasteiger charge is 2.31. The number of hydrogen-bond donors (Lipinski definition) is 1. The molecule has 0 bridgehead atoms. The molecule has 3 rings (SSSR count). The first-order valence-corrected chi connectivity index (χ1v) is 9.50. The molecule has 0 saturated carbocycles. The highest BCUT2D eigenvalue weighted by molar-refractivity contribution is 6.30. The van der Waals surface area contributed by atoms with E-state index in [0.717, 1.165) is 23.6 Å². The molecule has 0 aromatic heterocycles. The number of amides is 1. The average molecular weight is 372 g/mol. The second-order valence-electron chi connectivity index (χ2n) is 6.79. The highest BCUT2D eigenvalue weighted by atomic mass is 35.5. The van der Waals surface area contributed by atoms with Crippen LogP contribution >= 0.6 is 11.6 Å². The van der Waals surface area contributed by atoms with Gasteiger partial charge in [0.25, 0.3) is 0 Å². The van der Waals surface area contributed by atoms with Crippen LogP contribution in [0, 0.1) is 6.92 Å². The number of carbonyl (C=O) groups excluding carboxylic acids is 1. The van der Waals surface area contributed by atoms with Crippen molar-refractivity contribution < 1.29 is 4.79 Å². The maximum atomic E-state index is 12.2. The van der Waals surface area contributed by atoms with Gasteiger partial charge in [-0.3, -0.25) is 4.79 Å². The first-order valence-electron chi connectivity index (χ1n) is 9.13. The molecule has 1 fully saturated rings. The zero-order chi connectivity index (χ0) is 18.7. The fourth-order valence-electron chi connectivity index (χ4n) is 3.67. The highest BCUT2D eigenvalue weighted by Crippen LogP contribution is 2.34. The lowest BCUT2D eigenvalue weighted by molar-refractivity contribution is -0.130. The smallest absolute Gasteiger partial charge is 0.236 e. The normalized spacial score (nSPS) is 17.5. The van der Waals surface area contributed by atoms with Gasteiger partial charge < -0.3 is 15.5 Å². The van der Waals surface area contributed by atoms with E-state index in [1.807, 2.05) is 17.0 Å². The number of nitrogens with two attached hydrogens (primary N) is 1. The van der Waals surface area contributed by atoms with Crippen LogP contribution in [0.5, 0.6) is 0 Å². The van der Waals surface area contributed by atoms with Gasteiger partial charge in [0.15, 0.2) is 0 Å². The van der Waals surface area contributed by atoms with E-state index in [-0.39, 0.29) is 18.5 Å². The number of piperazine rings is 1. The van der Waals surface area contributed by atoms with Crippen molar-refractivity contribution in [2.45, 2.75) is 26.3 Å². The van der Waals surface area contributed by atoms with Gasteiger partial charge >= 0.3 is 0 Å². The zero-order valence-corrected chi connectivity index (χ0v) is 16.2. The van der Waals surface area contributed by atoms with Gasteiger partial charge in [-0.25, -0.2) is 0 Å². The van der Waals surface area contributed by atoms with Gasteiger partial charge in [-0.15, -0.1) is 0 Å². The number of aryl methyl sites for hydroxylation is 2. The van der Waals surface area contributed by atoms with Gasteiger partial charge in [0.1, 0.15) is 0 Å². The maximum Gasteiger partial charge on any atom is 0.236 e. The molecule has 4 nitrogen and oxygen atoms in total. The van der Waals surface area contributed by atoms with Gasteiger partial charge in [-0.2, -0.15) is 0 Å². The topological polar surface area (TPSA) is 49.6 Å². The Morgan fingerprint density at radius 1 is 1.19 bits per heavy atom. The average Bonchev–Trinajstić information content (AvgIpc) is 2.67. The van der Waals surface area contributed by atoms with Crippen LogP contribution < -0.4 is 10.6 Å². The van der Waals surface area contributed by atoms with Crippen molar-refractivity contribution in [1.29, 1.82) is 0 Å². The largest absolute Gasteiger partial charge is 0.361 e. The molecular formula is C21H26ClN3O. The Hall–Kier alpha value is -2.04. The third-order valence-corrected chi connectivity index (χ3v) is 5.34. The molecule has 1 atom stereocenters. The number of carbonyl (C=O) groups is 1. The first-order chi connectivity index (χ1) is 12.5. The Kier molecular flexibility index (Phi) is 5.84. The molecule has 0 aliphatic carbocycles. The van der Waals surface area contributed by atoms with E-state index in [1.165, 1.54) is 16.8 Å². The minimum Gasteiger partial charge on any atom is -0.361 e. The summed E-state index contributed by atoms with van der Waals surface area (Å²) < 4.78 is 0. The molecule has 1 aliphatic heterocycles. The second-order valence-corrected chi connectivity index (χ2v) is 7.23. The predicted octanol–water partition coefficient (Wildman–Crippen LogP) is 3.56. The number of benzene rings is 2. The quantitative estimate of drug-likeness (QED) is 0.893. The third kappa shape index (κ3) is 3.87. The molecule has 2 aromatic rings. The molecule has 0 unspecified atom stereocenters. The molecule has 0 spiro atoms. The lowest BCUT2D eigenvalue weighted by Gasteiger charge is -2.43. The van der Waals surface area contributed by atoms with Crippen LogP contribution in [-0.2, 0) is 11.2 Å². The van der Waals surface area contributed by atoms with Crippen LogP contribution in [0.15, 0.2) is 42.5 Å². The summed E-state index contributed by atoms with van der Waals surface area (Å²) in [5.74, 6) is 0.00300. The van der Waals surface area contributed by atoms with Crippen molar-refractivity contribution in [3.05, 3.63) is 64.2 Å². The molecule has 1 saturated heterocycles. The molecule has 0 radical (unpaired) electrons. The molecule has 5 heteroatoms. The van der Waals surface area contributed by atoms with E-state index in [0.29, 0.717) is 13.1 Å². The van der Waals surface area contributed by atoms with Crippen molar-refractivity contribution >= 4 is 23.2 Å². The van der Waals surface area contributed by atoms with Crippen molar-refractivity contribution in [1.82, 2.24) is 4.90 Å². The summed E-state index contributed by atoms with van der Waals surface area (Å²) in [4.78, 5) is 16.5. The summed E-state index contributed by atoms with van der Waals surface area (Å²) in [6, 6.07) is 14.6. The summed E-state index contributed by atoms with van der Waals surface area (Å²) in [5, 5.41) is 0.718. The Morgan fingerprint density at radius 2 is 1.92 bits per heavy atom. The van der Waals surface area contributed by atoms with Crippen LogP contribution in [-0.4, -0.2) is 37.0 Å². The van der Waals surface area contributed by atoms with Gasteiger partial charge in [0.2, 0.25) is 5.91 Å². The fourth-order valence-corrected chi connectivity index (χ4v) is 3.80. The monoisotopic (exact) mass is 371 g/mol. The van der Waals surface area contributed by atoms with Crippen LogP contribution in [0.3, 0.4) is 0 Å². The predicted molar refractivity (Wildman–Crippen MR) is 108 cm³/mol. The molecule has 1 heterocycles. The molecular weight excluding hydrogens is 346 g/mol. The van der Waals surface area contributed by atoms with Crippen LogP contribution in [0.2, 0.25) is 5.02 Å². The Balaban J connectivity index is 1.99. The van der Waals surface area contributed by atoms with Crippen molar-refractivity contribution in [3.63, 3.8) is 0 Å². The lowest BCUT2D eigenvalue weighted by Crippen LogP contribution is -2.52. The maximum absolute atomic E-state index is 12.2. The molecule has 2 aromatic carbocycles. The zero-order valence-electron chi connectivity index (χ0n) is 15.4. The summed E-state index contributed by atoms with van der Waals surface area (Å²) in [6.07, 6.45) is 0.978. The summed E-state index contributed by atoms with van der Waals surface area (Å²) >= 11 is 6.08. The van der Waals surface area contributed by atoms with E-state index >= 15 is 0 Å². The fraction of sp³-hybridized carbons (Fsp3) is 0.381. The standard InChI is InChI=1S/C21H26ClN3O/c1-3-16-12-15(2)4-9-19(16)25-11-10-24(21(26)13-23)14-20(25)17-5-7-18(22)8-6-17/h4-9,12,20H,3,10-11,13-14,23H2,1-2H3/t20-/m0/s1. The van der Waals surface area contributed by atoms with Crippen molar-refractivity contribution in [3.8, 4) is 0 Å². The van der Waals surface area contributed by atoms with Crippen LogP contribution in [0.25, 0.3) is 0 Å². The number of halogens is 1. The van der Waals surface area contributed by atoms with Gasteiger partial charge in [0.05, 0.1) is 12.6 Å². The minimum atomic E-state index is 0.00300.